The first-order chi connectivity index (χ1) is 40.2. The van der Waals surface area contributed by atoms with Gasteiger partial charge in [-0.3, -0.25) is 0 Å². The topological polar surface area (TPSA) is 0 Å². The van der Waals surface area contributed by atoms with Crippen LogP contribution < -0.4 is 0 Å². The molecule has 0 heterocycles. The summed E-state index contributed by atoms with van der Waals surface area (Å²) in [5.74, 6) is 0. The van der Waals surface area contributed by atoms with Gasteiger partial charge in [-0.05, 0) is 168 Å². The van der Waals surface area contributed by atoms with Gasteiger partial charge in [-0.25, -0.2) is 0 Å². The molecule has 0 N–H and O–H groups in total. The van der Waals surface area contributed by atoms with E-state index in [9.17, 15) is 0 Å². The van der Waals surface area contributed by atoms with E-state index in [1.165, 1.54) is 156 Å². The van der Waals surface area contributed by atoms with Crippen LogP contribution in [0.1, 0.15) is 66.8 Å². The van der Waals surface area contributed by atoms with Crippen molar-refractivity contribution in [2.75, 3.05) is 0 Å². The van der Waals surface area contributed by atoms with Gasteiger partial charge in [-0.2, -0.15) is 0 Å². The zero-order valence-electron chi connectivity index (χ0n) is 44.4. The van der Waals surface area contributed by atoms with Crippen molar-refractivity contribution in [2.45, 2.75) is 16.2 Å². The Morgan fingerprint density at radius 3 is 0.852 bits per heavy atom. The number of hydrogen-bond acceptors (Lipinski definition) is 0. The molecule has 0 aromatic heterocycles. The molecule has 81 heavy (non-hydrogen) atoms. The molecule has 0 saturated heterocycles. The monoisotopic (exact) mass is 1020 g/mol. The third-order valence-corrected chi connectivity index (χ3v) is 19.4. The van der Waals surface area contributed by atoms with E-state index in [1.54, 1.807) is 0 Å². The van der Waals surface area contributed by atoms with Crippen LogP contribution in [0.5, 0.6) is 0 Å². The second-order valence-electron chi connectivity index (χ2n) is 22.8. The van der Waals surface area contributed by atoms with Crippen LogP contribution in [0.25, 0.3) is 89.0 Å². The lowest BCUT2D eigenvalue weighted by Crippen LogP contribution is -2.28. The molecule has 0 radical (unpaired) electrons. The third kappa shape index (κ3) is 5.59. The molecule has 0 heteroatoms. The van der Waals surface area contributed by atoms with Gasteiger partial charge in [0.1, 0.15) is 0 Å². The van der Waals surface area contributed by atoms with Crippen LogP contribution >= 0.6 is 0 Å². The quantitative estimate of drug-likeness (QED) is 0.161. The first-order valence-electron chi connectivity index (χ1n) is 28.6. The molecule has 374 valence electrons. The van der Waals surface area contributed by atoms with Crippen LogP contribution in [0.2, 0.25) is 0 Å². The van der Waals surface area contributed by atoms with Crippen LogP contribution in [-0.2, 0) is 16.2 Å². The average Bonchev–Trinajstić information content (AvgIpc) is 4.45. The van der Waals surface area contributed by atoms with Gasteiger partial charge < -0.3 is 0 Å². The fraction of sp³-hybridized carbons (Fsp3) is 0.0370. The van der Waals surface area contributed by atoms with Crippen molar-refractivity contribution in [1.82, 2.24) is 0 Å². The molecule has 0 atom stereocenters. The highest BCUT2D eigenvalue weighted by Crippen LogP contribution is 2.66. The van der Waals surface area contributed by atoms with E-state index in [-0.39, 0.29) is 0 Å². The molecule has 13 aromatic rings. The summed E-state index contributed by atoms with van der Waals surface area (Å²) in [4.78, 5) is 0. The highest BCUT2D eigenvalue weighted by Gasteiger charge is 2.54. The minimum absolute atomic E-state index is 0.397. The van der Waals surface area contributed by atoms with Crippen molar-refractivity contribution >= 4 is 0 Å². The van der Waals surface area contributed by atoms with Crippen molar-refractivity contribution in [2.24, 2.45) is 0 Å². The van der Waals surface area contributed by atoms with Crippen molar-refractivity contribution < 1.29 is 0 Å². The summed E-state index contributed by atoms with van der Waals surface area (Å²) in [5.41, 5.74) is 35.1. The molecule has 0 aliphatic heterocycles. The summed E-state index contributed by atoms with van der Waals surface area (Å²) < 4.78 is 0. The lowest BCUT2D eigenvalue weighted by molar-refractivity contribution is 0.769. The molecule has 0 fully saturated rings. The van der Waals surface area contributed by atoms with E-state index in [0.29, 0.717) is 0 Å². The molecule has 0 unspecified atom stereocenters. The highest BCUT2D eigenvalue weighted by atomic mass is 14.5. The molecule has 2 spiro atoms. The van der Waals surface area contributed by atoms with Gasteiger partial charge in [0.2, 0.25) is 0 Å². The summed E-state index contributed by atoms with van der Waals surface area (Å²) in [6.45, 7) is 0. The van der Waals surface area contributed by atoms with Gasteiger partial charge in [-0.1, -0.05) is 291 Å². The van der Waals surface area contributed by atoms with Crippen molar-refractivity contribution in [3.63, 3.8) is 0 Å². The molecule has 18 rings (SSSR count). The minimum atomic E-state index is -0.585. The Hall–Kier alpha value is -10.1. The smallest absolute Gasteiger partial charge is 0.0619 e. The van der Waals surface area contributed by atoms with E-state index in [0.717, 1.165) is 0 Å². The summed E-state index contributed by atoms with van der Waals surface area (Å²) in [6, 6.07) is 115. The van der Waals surface area contributed by atoms with Gasteiger partial charge in [0, 0.05) is 0 Å². The van der Waals surface area contributed by atoms with Crippen LogP contribution in [0.4, 0.5) is 0 Å². The Labute approximate surface area is 472 Å². The SMILES string of the molecule is c1cc(-c2cccc(C3(c4ccc(-c5cccc6c5-c5ccccc5C65c6ccccc6-c6ccccc65)cc4)c4ccccc4-c4ccccc43)c2)cc(-c2cccc3c2-c2ccccc2C32c3ccccc3-c3ccccc32)c1. The summed E-state index contributed by atoms with van der Waals surface area (Å²) in [7, 11) is 0. The van der Waals surface area contributed by atoms with E-state index < -0.39 is 16.2 Å². The Morgan fingerprint density at radius 2 is 0.432 bits per heavy atom. The molecule has 13 aromatic carbocycles. The third-order valence-electron chi connectivity index (χ3n) is 19.4. The van der Waals surface area contributed by atoms with Crippen molar-refractivity contribution in [3.8, 4) is 89.0 Å². The standard InChI is InChI=1S/C81H50/c1-9-35-67-59(25-1)60-26-2-10-36-68(60)79(67,55-47-45-51(46-48-55)57-33-19-43-75-77(57)65-31-7-15-41-73(65)80(75)69-37-11-3-27-61(69)62-28-4-12-38-70(62)80)56-24-18-22-53(50-56)52-21-17-23-54(49-52)58-34-20-44-76-78(58)66-32-8-16-42-74(66)81(76)71-39-13-5-29-63(71)64-30-6-14-40-72(64)81/h1-50H. The predicted octanol–water partition coefficient (Wildman–Crippen LogP) is 19.7. The van der Waals surface area contributed by atoms with Gasteiger partial charge in [0.25, 0.3) is 0 Å². The van der Waals surface area contributed by atoms with Crippen LogP contribution in [0.15, 0.2) is 303 Å². The largest absolute Gasteiger partial charge is 0.0725 e. The number of fused-ring (bicyclic) bond motifs is 23. The molecule has 5 aliphatic rings. The second-order valence-corrected chi connectivity index (χ2v) is 22.8. The number of benzene rings is 13. The average molecular weight is 1020 g/mol. The zero-order valence-corrected chi connectivity index (χ0v) is 44.4. The molecule has 0 amide bonds. The predicted molar refractivity (Wildman–Crippen MR) is 333 cm³/mol. The maximum atomic E-state index is 2.48. The Balaban J connectivity index is 0.789. The van der Waals surface area contributed by atoms with Gasteiger partial charge in [-0.15, -0.1) is 0 Å². The van der Waals surface area contributed by atoms with E-state index in [4.69, 9.17) is 0 Å². The molecule has 5 aliphatic carbocycles. The van der Waals surface area contributed by atoms with Gasteiger partial charge in [0.05, 0.1) is 16.2 Å². The van der Waals surface area contributed by atoms with E-state index in [1.807, 2.05) is 0 Å². The zero-order chi connectivity index (χ0) is 53.0. The van der Waals surface area contributed by atoms with E-state index in [2.05, 4.69) is 303 Å². The molecule has 0 nitrogen and oxygen atoms in total. The molecule has 0 saturated carbocycles. The highest BCUT2D eigenvalue weighted by molar-refractivity contribution is 6.02. The minimum Gasteiger partial charge on any atom is -0.0619 e. The number of rotatable bonds is 5. The first-order valence-corrected chi connectivity index (χ1v) is 28.6. The van der Waals surface area contributed by atoms with Gasteiger partial charge in [0.15, 0.2) is 0 Å². The molecular weight excluding hydrogens is 973 g/mol. The van der Waals surface area contributed by atoms with Crippen LogP contribution in [0.3, 0.4) is 0 Å². The van der Waals surface area contributed by atoms with Gasteiger partial charge >= 0.3 is 0 Å². The summed E-state index contributed by atoms with van der Waals surface area (Å²) >= 11 is 0. The Kier molecular flexibility index (Phi) is 9.10. The molecular formula is C81H50. The normalized spacial score (nSPS) is 14.7. The summed E-state index contributed by atoms with van der Waals surface area (Å²) in [5, 5.41) is 0. The van der Waals surface area contributed by atoms with Crippen LogP contribution in [0, 0.1) is 0 Å². The Bertz CT molecular complexity index is 4700. The Morgan fingerprint density at radius 1 is 0.148 bits per heavy atom. The lowest BCUT2D eigenvalue weighted by Gasteiger charge is -2.34. The maximum absolute atomic E-state index is 2.48. The van der Waals surface area contributed by atoms with E-state index >= 15 is 0 Å². The molecule has 0 bridgehead atoms. The summed E-state index contributed by atoms with van der Waals surface area (Å²) in [6.07, 6.45) is 0. The number of hydrogen-bond donors (Lipinski definition) is 0. The van der Waals surface area contributed by atoms with Crippen molar-refractivity contribution in [1.29, 1.82) is 0 Å². The second kappa shape index (κ2) is 16.5. The lowest BCUT2D eigenvalue weighted by atomic mass is 9.67. The fourth-order valence-electron chi connectivity index (χ4n) is 16.5. The van der Waals surface area contributed by atoms with Crippen molar-refractivity contribution in [3.05, 3.63) is 370 Å². The van der Waals surface area contributed by atoms with Crippen LogP contribution in [-0.4, -0.2) is 0 Å². The maximum Gasteiger partial charge on any atom is 0.0725 e. The first kappa shape index (κ1) is 44.8. The fourth-order valence-corrected chi connectivity index (χ4v) is 16.5.